The molecule has 0 atom stereocenters. The quantitative estimate of drug-likeness (QED) is 0.738. The van der Waals surface area contributed by atoms with Gasteiger partial charge in [-0.25, -0.2) is 18.2 Å². The zero-order valence-corrected chi connectivity index (χ0v) is 6.60. The van der Waals surface area contributed by atoms with Gasteiger partial charge < -0.3 is 11.5 Å². The van der Waals surface area contributed by atoms with Gasteiger partial charge in [0.05, 0.1) is 11.9 Å². The van der Waals surface area contributed by atoms with E-state index < -0.39 is 17.9 Å². The Kier molecular flexibility index (Phi) is 2.72. The molecule has 72 valence electrons. The third-order valence-corrected chi connectivity index (χ3v) is 1.59. The van der Waals surface area contributed by atoms with Gasteiger partial charge >= 0.3 is 0 Å². The van der Waals surface area contributed by atoms with E-state index >= 15 is 0 Å². The monoisotopic (exact) mass is 191 g/mol. The molecule has 0 aliphatic heterocycles. The van der Waals surface area contributed by atoms with Gasteiger partial charge in [-0.15, -0.1) is 0 Å². The molecule has 0 saturated carbocycles. The van der Waals surface area contributed by atoms with Crippen molar-refractivity contribution < 1.29 is 13.2 Å². The third-order valence-electron chi connectivity index (χ3n) is 1.59. The molecule has 0 unspecified atom stereocenters. The standard InChI is InChI=1S/C7H8F3N3/c8-5-3(1-11)4(12)2-13-6(5)7(9)10/h2,7H,1,11-12H2. The van der Waals surface area contributed by atoms with Crippen LogP contribution in [0, 0.1) is 5.82 Å². The highest BCUT2D eigenvalue weighted by molar-refractivity contribution is 5.46. The van der Waals surface area contributed by atoms with Crippen molar-refractivity contribution >= 4 is 5.69 Å². The first-order valence-corrected chi connectivity index (χ1v) is 3.49. The second kappa shape index (κ2) is 3.61. The maximum Gasteiger partial charge on any atom is 0.283 e. The number of hydrogen-bond acceptors (Lipinski definition) is 3. The van der Waals surface area contributed by atoms with Crippen LogP contribution in [0.15, 0.2) is 6.20 Å². The molecule has 3 nitrogen and oxygen atoms in total. The highest BCUT2D eigenvalue weighted by Gasteiger charge is 2.19. The first-order valence-electron chi connectivity index (χ1n) is 3.49. The molecule has 6 heteroatoms. The van der Waals surface area contributed by atoms with E-state index in [9.17, 15) is 13.2 Å². The van der Waals surface area contributed by atoms with E-state index in [1.165, 1.54) is 0 Å². The predicted molar refractivity (Wildman–Crippen MR) is 41.5 cm³/mol. The first kappa shape index (κ1) is 9.79. The smallest absolute Gasteiger partial charge is 0.283 e. The molecule has 1 aromatic heterocycles. The Balaban J connectivity index is 3.27. The molecule has 1 rings (SSSR count). The molecular formula is C7H8F3N3. The van der Waals surface area contributed by atoms with Gasteiger partial charge in [-0.2, -0.15) is 0 Å². The van der Waals surface area contributed by atoms with E-state index in [1.807, 2.05) is 0 Å². The molecule has 0 radical (unpaired) electrons. The lowest BCUT2D eigenvalue weighted by Gasteiger charge is -2.07. The van der Waals surface area contributed by atoms with Crippen LogP contribution in [0.4, 0.5) is 18.9 Å². The number of aromatic nitrogens is 1. The molecule has 0 spiro atoms. The SMILES string of the molecule is NCc1c(N)cnc(C(F)F)c1F. The summed E-state index contributed by atoms with van der Waals surface area (Å²) < 4.78 is 37.3. The van der Waals surface area contributed by atoms with Crippen LogP contribution in [-0.4, -0.2) is 4.98 Å². The molecule has 1 heterocycles. The van der Waals surface area contributed by atoms with Gasteiger partial charge in [0.2, 0.25) is 0 Å². The second-order valence-electron chi connectivity index (χ2n) is 2.40. The summed E-state index contributed by atoms with van der Waals surface area (Å²) in [6, 6.07) is 0. The van der Waals surface area contributed by atoms with Gasteiger partial charge in [0, 0.05) is 12.1 Å². The van der Waals surface area contributed by atoms with Crippen LogP contribution in [0.3, 0.4) is 0 Å². The highest BCUT2D eigenvalue weighted by atomic mass is 19.3. The number of hydrogen-bond donors (Lipinski definition) is 2. The van der Waals surface area contributed by atoms with E-state index in [-0.39, 0.29) is 17.8 Å². The summed E-state index contributed by atoms with van der Waals surface area (Å²) in [5, 5.41) is 0. The third kappa shape index (κ3) is 1.72. The van der Waals surface area contributed by atoms with Crippen molar-refractivity contribution in [1.29, 1.82) is 0 Å². The van der Waals surface area contributed by atoms with Crippen molar-refractivity contribution in [2.75, 3.05) is 5.73 Å². The molecule has 1 aromatic rings. The van der Waals surface area contributed by atoms with Gasteiger partial charge in [-0.05, 0) is 0 Å². The zero-order valence-electron chi connectivity index (χ0n) is 6.60. The largest absolute Gasteiger partial charge is 0.397 e. The van der Waals surface area contributed by atoms with Crippen LogP contribution in [0.25, 0.3) is 0 Å². The summed E-state index contributed by atoms with van der Waals surface area (Å²) in [6.45, 7) is -0.222. The van der Waals surface area contributed by atoms with E-state index in [4.69, 9.17) is 11.5 Å². The van der Waals surface area contributed by atoms with Crippen LogP contribution in [-0.2, 0) is 6.54 Å². The molecule has 0 aliphatic rings. The number of anilines is 1. The lowest BCUT2D eigenvalue weighted by Crippen LogP contribution is -2.09. The van der Waals surface area contributed by atoms with Gasteiger partial charge in [0.25, 0.3) is 6.43 Å². The molecular weight excluding hydrogens is 183 g/mol. The van der Waals surface area contributed by atoms with Crippen LogP contribution < -0.4 is 11.5 Å². The minimum absolute atomic E-state index is 0.00981. The molecule has 0 saturated heterocycles. The van der Waals surface area contributed by atoms with Crippen molar-refractivity contribution in [3.8, 4) is 0 Å². The predicted octanol–water partition coefficient (Wildman–Crippen LogP) is 1.20. The minimum atomic E-state index is -2.95. The summed E-state index contributed by atoms with van der Waals surface area (Å²) in [4.78, 5) is 3.18. The number of nitrogens with two attached hydrogens (primary N) is 2. The maximum atomic E-state index is 13.1. The van der Waals surface area contributed by atoms with Gasteiger partial charge in [-0.3, -0.25) is 0 Å². The lowest BCUT2D eigenvalue weighted by atomic mass is 10.2. The van der Waals surface area contributed by atoms with E-state index in [0.29, 0.717) is 0 Å². The van der Waals surface area contributed by atoms with Crippen molar-refractivity contribution in [2.24, 2.45) is 5.73 Å². The van der Waals surface area contributed by atoms with Gasteiger partial charge in [0.15, 0.2) is 5.82 Å². The Morgan fingerprint density at radius 3 is 2.54 bits per heavy atom. The molecule has 0 bridgehead atoms. The fraction of sp³-hybridized carbons (Fsp3) is 0.286. The Morgan fingerprint density at radius 2 is 2.08 bits per heavy atom. The number of halogens is 3. The van der Waals surface area contributed by atoms with Crippen LogP contribution in [0.2, 0.25) is 0 Å². The van der Waals surface area contributed by atoms with Gasteiger partial charge in [0.1, 0.15) is 5.69 Å². The number of rotatable bonds is 2. The van der Waals surface area contributed by atoms with Crippen molar-refractivity contribution in [3.05, 3.63) is 23.3 Å². The molecule has 0 fully saturated rings. The first-order chi connectivity index (χ1) is 6.07. The van der Waals surface area contributed by atoms with E-state index in [0.717, 1.165) is 6.20 Å². The molecule has 0 aromatic carbocycles. The molecule has 4 N–H and O–H groups in total. The number of nitrogens with zero attached hydrogens (tertiary/aromatic N) is 1. The average Bonchev–Trinajstić information content (AvgIpc) is 2.04. The summed E-state index contributed by atoms with van der Waals surface area (Å²) >= 11 is 0. The van der Waals surface area contributed by atoms with Crippen LogP contribution in [0.1, 0.15) is 17.7 Å². The Labute approximate surface area is 72.6 Å². The Bertz CT molecular complexity index is 314. The summed E-state index contributed by atoms with van der Waals surface area (Å²) in [5.41, 5.74) is 9.36. The summed E-state index contributed by atoms with van der Waals surface area (Å²) in [7, 11) is 0. The Morgan fingerprint density at radius 1 is 1.46 bits per heavy atom. The molecule has 0 amide bonds. The van der Waals surface area contributed by atoms with E-state index in [1.54, 1.807) is 0 Å². The van der Waals surface area contributed by atoms with Crippen LogP contribution in [0.5, 0.6) is 0 Å². The summed E-state index contributed by atoms with van der Waals surface area (Å²) in [5.74, 6) is -1.11. The fourth-order valence-electron chi connectivity index (χ4n) is 0.915. The number of pyridine rings is 1. The number of alkyl halides is 2. The van der Waals surface area contributed by atoms with Crippen molar-refractivity contribution in [2.45, 2.75) is 13.0 Å². The fourth-order valence-corrected chi connectivity index (χ4v) is 0.915. The average molecular weight is 191 g/mol. The topological polar surface area (TPSA) is 64.9 Å². The normalized spacial score (nSPS) is 10.8. The minimum Gasteiger partial charge on any atom is -0.397 e. The van der Waals surface area contributed by atoms with E-state index in [2.05, 4.69) is 4.98 Å². The maximum absolute atomic E-state index is 13.1. The summed E-state index contributed by atoms with van der Waals surface area (Å²) in [6.07, 6.45) is -1.97. The Hall–Kier alpha value is -1.30. The number of nitrogen functional groups attached to an aromatic ring is 1. The molecule has 0 aliphatic carbocycles. The molecule has 13 heavy (non-hydrogen) atoms. The van der Waals surface area contributed by atoms with Crippen molar-refractivity contribution in [1.82, 2.24) is 4.98 Å². The van der Waals surface area contributed by atoms with Crippen molar-refractivity contribution in [3.63, 3.8) is 0 Å². The second-order valence-corrected chi connectivity index (χ2v) is 2.40. The highest BCUT2D eigenvalue weighted by Crippen LogP contribution is 2.24. The van der Waals surface area contributed by atoms with Gasteiger partial charge in [-0.1, -0.05) is 0 Å². The zero-order chi connectivity index (χ0) is 10.0. The van der Waals surface area contributed by atoms with Crippen LogP contribution >= 0.6 is 0 Å². The lowest BCUT2D eigenvalue weighted by molar-refractivity contribution is 0.140.